The monoisotopic (exact) mass is 349 g/mol. The third-order valence-corrected chi connectivity index (χ3v) is 4.20. The summed E-state index contributed by atoms with van der Waals surface area (Å²) in [7, 11) is 0. The molecule has 134 valence electrons. The molecule has 0 saturated carbocycles. The molecule has 2 rings (SSSR count). The molecule has 0 fully saturated rings. The second-order valence-electron chi connectivity index (χ2n) is 6.16. The van der Waals surface area contributed by atoms with Crippen LogP contribution < -0.4 is 5.32 Å². The van der Waals surface area contributed by atoms with Crippen molar-refractivity contribution >= 4 is 11.8 Å². The van der Waals surface area contributed by atoms with E-state index < -0.39 is 6.04 Å². The Morgan fingerprint density at radius 2 is 1.77 bits per heavy atom. The molecule has 1 N–H and O–H groups in total. The van der Waals surface area contributed by atoms with Gasteiger partial charge in [0.2, 0.25) is 11.8 Å². The van der Waals surface area contributed by atoms with Gasteiger partial charge < -0.3 is 10.2 Å². The zero-order chi connectivity index (χ0) is 18.9. The maximum absolute atomic E-state index is 12.3. The number of rotatable bonds is 7. The van der Waals surface area contributed by atoms with E-state index in [-0.39, 0.29) is 18.2 Å². The molecule has 26 heavy (non-hydrogen) atoms. The number of carbonyl (C=O) groups excluding carboxylic acids is 2. The van der Waals surface area contributed by atoms with Crippen LogP contribution in [0.3, 0.4) is 0 Å². The molecule has 1 atom stereocenters. The molecule has 0 bridgehead atoms. The number of aryl methyl sites for hydroxylation is 1. The Labute approximate surface area is 154 Å². The molecule has 0 aliphatic carbocycles. The van der Waals surface area contributed by atoms with Crippen molar-refractivity contribution in [2.24, 2.45) is 0 Å². The molecule has 2 aromatic rings. The van der Waals surface area contributed by atoms with Gasteiger partial charge in [0.15, 0.2) is 0 Å². The van der Waals surface area contributed by atoms with Gasteiger partial charge in [-0.25, -0.2) is 0 Å². The van der Waals surface area contributed by atoms with E-state index in [1.165, 1.54) is 6.92 Å². The molecular weight excluding hydrogens is 326 g/mol. The summed E-state index contributed by atoms with van der Waals surface area (Å²) >= 11 is 0. The smallest absolute Gasteiger partial charge is 0.223 e. The quantitative estimate of drug-likeness (QED) is 0.835. The molecule has 1 unspecified atom stereocenters. The molecule has 0 aromatic heterocycles. The molecular formula is C21H23N3O2. The average molecular weight is 349 g/mol. The van der Waals surface area contributed by atoms with Crippen LogP contribution in [0.25, 0.3) is 0 Å². The van der Waals surface area contributed by atoms with Crippen molar-refractivity contribution in [3.63, 3.8) is 0 Å². The van der Waals surface area contributed by atoms with E-state index >= 15 is 0 Å². The molecule has 0 aliphatic heterocycles. The lowest BCUT2D eigenvalue weighted by atomic mass is 10.0. The van der Waals surface area contributed by atoms with E-state index in [1.807, 2.05) is 61.5 Å². The molecule has 2 amide bonds. The van der Waals surface area contributed by atoms with E-state index in [4.69, 9.17) is 0 Å². The highest BCUT2D eigenvalue weighted by atomic mass is 16.2. The van der Waals surface area contributed by atoms with Gasteiger partial charge in [-0.2, -0.15) is 5.26 Å². The van der Waals surface area contributed by atoms with E-state index in [0.29, 0.717) is 13.1 Å². The van der Waals surface area contributed by atoms with E-state index in [9.17, 15) is 14.9 Å². The highest BCUT2D eigenvalue weighted by Crippen LogP contribution is 2.16. The molecule has 2 aromatic carbocycles. The third kappa shape index (κ3) is 5.45. The van der Waals surface area contributed by atoms with Crippen LogP contribution in [0.5, 0.6) is 0 Å². The van der Waals surface area contributed by atoms with Crippen molar-refractivity contribution in [3.05, 3.63) is 71.3 Å². The zero-order valence-corrected chi connectivity index (χ0v) is 15.1. The normalized spacial score (nSPS) is 11.3. The molecule has 0 radical (unpaired) electrons. The lowest BCUT2D eigenvalue weighted by Gasteiger charge is -2.21. The molecule has 0 aliphatic rings. The Balaban J connectivity index is 1.94. The number of nitrogens with one attached hydrogen (secondary N) is 1. The van der Waals surface area contributed by atoms with Crippen molar-refractivity contribution in [3.8, 4) is 6.07 Å². The fourth-order valence-electron chi connectivity index (χ4n) is 2.71. The Morgan fingerprint density at radius 1 is 1.12 bits per heavy atom. The van der Waals surface area contributed by atoms with Crippen molar-refractivity contribution in [1.82, 2.24) is 10.2 Å². The van der Waals surface area contributed by atoms with Gasteiger partial charge in [0.05, 0.1) is 6.07 Å². The first-order valence-corrected chi connectivity index (χ1v) is 8.55. The standard InChI is InChI=1S/C21H23N3O2/c1-16-8-6-7-11-19(16)20(14-22)23-21(26)12-13-24(17(2)25)15-18-9-4-3-5-10-18/h3-11,20H,12-13,15H2,1-2H3,(H,23,26). The molecule has 5 heteroatoms. The molecule has 0 spiro atoms. The van der Waals surface area contributed by atoms with Crippen LogP contribution in [0.1, 0.15) is 36.1 Å². The first kappa shape index (κ1) is 19.2. The number of benzene rings is 2. The molecule has 0 heterocycles. The Hall–Kier alpha value is -3.13. The Bertz CT molecular complexity index is 796. The number of amides is 2. The lowest BCUT2D eigenvalue weighted by molar-refractivity contribution is -0.130. The largest absolute Gasteiger partial charge is 0.338 e. The predicted molar refractivity (Wildman–Crippen MR) is 99.8 cm³/mol. The summed E-state index contributed by atoms with van der Waals surface area (Å²) in [6.07, 6.45) is 0.149. The third-order valence-electron chi connectivity index (χ3n) is 4.20. The first-order valence-electron chi connectivity index (χ1n) is 8.55. The predicted octanol–water partition coefficient (Wildman–Crippen LogP) is 3.11. The summed E-state index contributed by atoms with van der Waals surface area (Å²) in [4.78, 5) is 25.8. The second-order valence-corrected chi connectivity index (χ2v) is 6.16. The number of nitrogens with zero attached hydrogens (tertiary/aromatic N) is 2. The van der Waals surface area contributed by atoms with Crippen LogP contribution in [-0.4, -0.2) is 23.3 Å². The van der Waals surface area contributed by atoms with E-state index in [1.54, 1.807) is 4.90 Å². The van der Waals surface area contributed by atoms with Crippen LogP contribution in [0, 0.1) is 18.3 Å². The SMILES string of the molecule is CC(=O)N(CCC(=O)NC(C#N)c1ccccc1C)Cc1ccccc1. The van der Waals surface area contributed by atoms with Crippen LogP contribution >= 0.6 is 0 Å². The minimum atomic E-state index is -0.691. The van der Waals surface area contributed by atoms with Gasteiger partial charge in [-0.1, -0.05) is 54.6 Å². The maximum atomic E-state index is 12.3. The summed E-state index contributed by atoms with van der Waals surface area (Å²) in [5, 5.41) is 12.1. The second kappa shape index (κ2) is 9.38. The van der Waals surface area contributed by atoms with Crippen LogP contribution in [-0.2, 0) is 16.1 Å². The number of hydrogen-bond donors (Lipinski definition) is 1. The van der Waals surface area contributed by atoms with Crippen molar-refractivity contribution < 1.29 is 9.59 Å². The fraction of sp³-hybridized carbons (Fsp3) is 0.286. The Morgan fingerprint density at radius 3 is 2.38 bits per heavy atom. The Kier molecular flexibility index (Phi) is 6.92. The zero-order valence-electron chi connectivity index (χ0n) is 15.1. The van der Waals surface area contributed by atoms with Crippen LogP contribution in [0.4, 0.5) is 0 Å². The number of hydrogen-bond acceptors (Lipinski definition) is 3. The van der Waals surface area contributed by atoms with Gasteiger partial charge in [0, 0.05) is 26.4 Å². The minimum Gasteiger partial charge on any atom is -0.338 e. The summed E-state index contributed by atoms with van der Waals surface area (Å²) in [5.41, 5.74) is 2.75. The number of carbonyl (C=O) groups is 2. The van der Waals surface area contributed by atoms with Crippen LogP contribution in [0.15, 0.2) is 54.6 Å². The average Bonchev–Trinajstić information content (AvgIpc) is 2.64. The van der Waals surface area contributed by atoms with Crippen molar-refractivity contribution in [1.29, 1.82) is 5.26 Å². The molecule has 0 saturated heterocycles. The lowest BCUT2D eigenvalue weighted by Crippen LogP contribution is -2.34. The summed E-state index contributed by atoms with van der Waals surface area (Å²) in [6.45, 7) is 4.17. The van der Waals surface area contributed by atoms with Crippen LogP contribution in [0.2, 0.25) is 0 Å². The van der Waals surface area contributed by atoms with Gasteiger partial charge in [-0.05, 0) is 23.6 Å². The van der Waals surface area contributed by atoms with E-state index in [2.05, 4.69) is 11.4 Å². The van der Waals surface area contributed by atoms with Gasteiger partial charge in [-0.3, -0.25) is 9.59 Å². The first-order chi connectivity index (χ1) is 12.5. The maximum Gasteiger partial charge on any atom is 0.223 e. The number of nitriles is 1. The van der Waals surface area contributed by atoms with Gasteiger partial charge in [0.25, 0.3) is 0 Å². The molecule has 5 nitrogen and oxygen atoms in total. The minimum absolute atomic E-state index is 0.0857. The fourth-order valence-corrected chi connectivity index (χ4v) is 2.71. The highest BCUT2D eigenvalue weighted by Gasteiger charge is 2.17. The van der Waals surface area contributed by atoms with E-state index in [0.717, 1.165) is 16.7 Å². The van der Waals surface area contributed by atoms with Gasteiger partial charge >= 0.3 is 0 Å². The summed E-state index contributed by atoms with van der Waals surface area (Å²) in [5.74, 6) is -0.337. The van der Waals surface area contributed by atoms with Gasteiger partial charge in [0.1, 0.15) is 6.04 Å². The summed E-state index contributed by atoms with van der Waals surface area (Å²) < 4.78 is 0. The van der Waals surface area contributed by atoms with Crippen molar-refractivity contribution in [2.75, 3.05) is 6.54 Å². The highest BCUT2D eigenvalue weighted by molar-refractivity contribution is 5.78. The van der Waals surface area contributed by atoms with Crippen molar-refractivity contribution in [2.45, 2.75) is 32.9 Å². The summed E-state index contributed by atoms with van der Waals surface area (Å²) in [6, 6.07) is 18.6. The topological polar surface area (TPSA) is 73.2 Å². The van der Waals surface area contributed by atoms with Gasteiger partial charge in [-0.15, -0.1) is 0 Å².